The maximum Gasteiger partial charge on any atom is 0.280 e. The molecule has 0 aliphatic carbocycles. The van der Waals surface area contributed by atoms with Crippen molar-refractivity contribution in [1.29, 1.82) is 0 Å². The second-order valence-electron chi connectivity index (χ2n) is 5.28. The summed E-state index contributed by atoms with van der Waals surface area (Å²) in [5, 5.41) is 9.56. The molecule has 2 aromatic heterocycles. The molecule has 1 aliphatic heterocycles. The number of nitrogens with two attached hydrogens (primary N) is 1. The number of nitrogen functional groups attached to an aromatic ring is 1. The molecule has 1 saturated heterocycles. The van der Waals surface area contributed by atoms with Gasteiger partial charge in [0.25, 0.3) is 5.56 Å². The normalized spacial score (nSPS) is 29.1. The Morgan fingerprint density at radius 2 is 2.32 bits per heavy atom. The summed E-state index contributed by atoms with van der Waals surface area (Å²) in [6.45, 7) is -0.410. The van der Waals surface area contributed by atoms with Gasteiger partial charge in [-0.1, -0.05) is 12.2 Å². The standard InChI is InChI=1S/C11H16N5O6PS2/c1-20-7-6(22-23(19,24)25)4(2-17)21-10(7)16-3-13-5-8(16)14-11(12)15-9(5)18/h3-4,6-7,10,17H,2H2,1H3,(H2,19,24,25)(H3,12,14,15,18)/t4-,6-,7-,10-/m1/s1. The van der Waals surface area contributed by atoms with Gasteiger partial charge in [0.15, 0.2) is 17.4 Å². The zero-order chi connectivity index (χ0) is 18.4. The summed E-state index contributed by atoms with van der Waals surface area (Å²) in [6, 6.07) is 0. The summed E-state index contributed by atoms with van der Waals surface area (Å²) in [5.41, 5.74) is 1.99. The minimum absolute atomic E-state index is 0.0686. The fourth-order valence-corrected chi connectivity index (χ4v) is 3.94. The van der Waals surface area contributed by atoms with Crippen LogP contribution in [0.5, 0.6) is 0 Å². The fraction of sp³-hybridized carbons (Fsp3) is 0.545. The van der Waals surface area contributed by atoms with Crippen molar-refractivity contribution in [2.45, 2.75) is 24.5 Å². The summed E-state index contributed by atoms with van der Waals surface area (Å²) in [7, 11) is 1.41. The average Bonchev–Trinajstić information content (AvgIpc) is 3.06. The monoisotopic (exact) mass is 409 g/mol. The number of aliphatic hydroxyl groups excluding tert-OH is 1. The lowest BCUT2D eigenvalue weighted by Gasteiger charge is -2.24. The summed E-state index contributed by atoms with van der Waals surface area (Å²) in [4.78, 5) is 32.1. The molecule has 1 fully saturated rings. The Labute approximate surface area is 151 Å². The van der Waals surface area contributed by atoms with Crippen molar-refractivity contribution < 1.29 is 24.0 Å². The Morgan fingerprint density at radius 3 is 2.92 bits per heavy atom. The largest absolute Gasteiger partial charge is 0.394 e. The van der Waals surface area contributed by atoms with Crippen molar-refractivity contribution in [3.8, 4) is 0 Å². The maximum atomic E-state index is 11.9. The van der Waals surface area contributed by atoms with E-state index in [9.17, 15) is 14.8 Å². The van der Waals surface area contributed by atoms with Gasteiger partial charge in [-0.05, 0) is 11.8 Å². The van der Waals surface area contributed by atoms with E-state index in [0.29, 0.717) is 0 Å². The number of H-pyrrole nitrogens is 1. The number of aromatic amines is 1. The van der Waals surface area contributed by atoms with Gasteiger partial charge in [0, 0.05) is 7.11 Å². The molecule has 3 heterocycles. The van der Waals surface area contributed by atoms with E-state index in [-0.39, 0.29) is 17.1 Å². The van der Waals surface area contributed by atoms with Crippen molar-refractivity contribution in [2.75, 3.05) is 19.5 Å². The molecule has 0 saturated carbocycles. The number of hydrogen-bond donors (Lipinski definition) is 5. The van der Waals surface area contributed by atoms with E-state index in [4.69, 9.17) is 31.5 Å². The topological polar surface area (TPSA) is 158 Å². The molecular formula is C11H16N5O6PS2. The van der Waals surface area contributed by atoms with E-state index in [2.05, 4.69) is 27.2 Å². The first-order chi connectivity index (χ1) is 11.7. The first-order valence-electron chi connectivity index (χ1n) is 7.00. The van der Waals surface area contributed by atoms with Crippen LogP contribution in [0.2, 0.25) is 0 Å². The van der Waals surface area contributed by atoms with Crippen LogP contribution >= 0.6 is 17.9 Å². The maximum absolute atomic E-state index is 11.9. The van der Waals surface area contributed by atoms with Gasteiger partial charge >= 0.3 is 0 Å². The van der Waals surface area contributed by atoms with Crippen molar-refractivity contribution >= 4 is 46.9 Å². The lowest BCUT2D eigenvalue weighted by Crippen LogP contribution is -2.36. The second kappa shape index (κ2) is 6.93. The van der Waals surface area contributed by atoms with Crippen LogP contribution in [0.4, 0.5) is 5.95 Å². The Balaban J connectivity index is 2.05. The molecule has 0 amide bonds. The molecule has 3 rings (SSSR count). The molecule has 1 aliphatic rings. The summed E-state index contributed by atoms with van der Waals surface area (Å²) < 4.78 is 18.0. The minimum atomic E-state index is -3.34. The van der Waals surface area contributed by atoms with Crippen LogP contribution in [0.15, 0.2) is 11.1 Å². The van der Waals surface area contributed by atoms with Gasteiger partial charge in [0.05, 0.1) is 12.9 Å². The summed E-state index contributed by atoms with van der Waals surface area (Å²) in [5.74, 6) is -0.0843. The van der Waals surface area contributed by atoms with Crippen LogP contribution in [-0.2, 0) is 25.8 Å². The number of aromatic nitrogens is 4. The molecule has 2 aromatic rings. The van der Waals surface area contributed by atoms with Gasteiger partial charge in [-0.3, -0.25) is 14.3 Å². The molecule has 0 radical (unpaired) electrons. The highest BCUT2D eigenvalue weighted by Gasteiger charge is 2.48. The van der Waals surface area contributed by atoms with E-state index in [1.165, 1.54) is 18.0 Å². The number of thiol groups is 1. The van der Waals surface area contributed by atoms with Crippen LogP contribution in [0, 0.1) is 0 Å². The fourth-order valence-electron chi connectivity index (χ4n) is 2.74. The van der Waals surface area contributed by atoms with Crippen LogP contribution in [-0.4, -0.2) is 61.5 Å². The van der Waals surface area contributed by atoms with E-state index in [1.54, 1.807) is 0 Å². The Hall–Kier alpha value is -1.05. The van der Waals surface area contributed by atoms with Gasteiger partial charge in [-0.2, -0.15) is 4.98 Å². The number of hydrogen-bond acceptors (Lipinski definition) is 9. The Bertz CT molecular complexity index is 883. The van der Waals surface area contributed by atoms with E-state index in [1.807, 2.05) is 0 Å². The van der Waals surface area contributed by atoms with Crippen molar-refractivity contribution in [2.24, 2.45) is 0 Å². The third-order valence-electron chi connectivity index (χ3n) is 3.72. The lowest BCUT2D eigenvalue weighted by molar-refractivity contribution is -0.0583. The average molecular weight is 409 g/mol. The second-order valence-corrected chi connectivity index (χ2v) is 10.4. The van der Waals surface area contributed by atoms with E-state index in [0.717, 1.165) is 0 Å². The minimum Gasteiger partial charge on any atom is -0.394 e. The number of rotatable bonds is 5. The Kier molecular flexibility index (Phi) is 5.19. The number of aliphatic hydroxyl groups is 1. The first-order valence-corrected chi connectivity index (χ1v) is 10.8. The quantitative estimate of drug-likeness (QED) is 0.311. The molecule has 25 heavy (non-hydrogen) atoms. The predicted molar refractivity (Wildman–Crippen MR) is 94.7 cm³/mol. The number of nitrogens with zero attached hydrogens (tertiary/aromatic N) is 3. The molecule has 0 aromatic carbocycles. The van der Waals surface area contributed by atoms with Crippen molar-refractivity contribution in [3.63, 3.8) is 0 Å². The van der Waals surface area contributed by atoms with Crippen LogP contribution < -0.4 is 11.3 Å². The molecular weight excluding hydrogens is 393 g/mol. The van der Waals surface area contributed by atoms with E-state index < -0.39 is 42.4 Å². The molecule has 11 nitrogen and oxygen atoms in total. The zero-order valence-electron chi connectivity index (χ0n) is 12.8. The molecule has 5 atom stereocenters. The van der Waals surface area contributed by atoms with Crippen LogP contribution in [0.1, 0.15) is 6.23 Å². The molecule has 5 N–H and O–H groups in total. The number of fused-ring (bicyclic) bond motifs is 1. The lowest BCUT2D eigenvalue weighted by atomic mass is 10.1. The molecule has 14 heteroatoms. The highest BCUT2D eigenvalue weighted by atomic mass is 32.9. The number of ether oxygens (including phenoxy) is 2. The first kappa shape index (κ1) is 18.7. The van der Waals surface area contributed by atoms with Crippen LogP contribution in [0.3, 0.4) is 0 Å². The number of imidazole rings is 1. The number of anilines is 1. The number of nitrogens with one attached hydrogen (secondary N) is 1. The molecule has 0 spiro atoms. The molecule has 138 valence electrons. The Morgan fingerprint density at radius 1 is 1.60 bits per heavy atom. The third-order valence-corrected chi connectivity index (χ3v) is 4.78. The van der Waals surface area contributed by atoms with Gasteiger partial charge < -0.3 is 29.7 Å². The summed E-state index contributed by atoms with van der Waals surface area (Å²) >= 11 is 8.65. The van der Waals surface area contributed by atoms with Gasteiger partial charge in [-0.15, -0.1) is 0 Å². The zero-order valence-corrected chi connectivity index (χ0v) is 15.4. The van der Waals surface area contributed by atoms with Gasteiger partial charge in [0.1, 0.15) is 18.3 Å². The highest BCUT2D eigenvalue weighted by molar-refractivity contribution is 8.59. The van der Waals surface area contributed by atoms with Crippen LogP contribution in [0.25, 0.3) is 11.2 Å². The van der Waals surface area contributed by atoms with Crippen molar-refractivity contribution in [3.05, 3.63) is 16.7 Å². The van der Waals surface area contributed by atoms with Crippen molar-refractivity contribution in [1.82, 2.24) is 19.5 Å². The molecule has 1 unspecified atom stereocenters. The number of methoxy groups -OCH3 is 1. The SMILES string of the molecule is CO[C@@H]1[C@H](OP(O)(=S)S)[C@@H](CO)O[C@H]1n1cnc2c(=O)[nH]c(N)nc21. The molecule has 0 bridgehead atoms. The summed E-state index contributed by atoms with van der Waals surface area (Å²) in [6.07, 6.45) is -2.01. The third kappa shape index (κ3) is 3.59. The smallest absolute Gasteiger partial charge is 0.280 e. The van der Waals surface area contributed by atoms with Gasteiger partial charge in [0.2, 0.25) is 11.6 Å². The van der Waals surface area contributed by atoms with Gasteiger partial charge in [-0.25, -0.2) is 4.98 Å². The highest BCUT2D eigenvalue weighted by Crippen LogP contribution is 2.51. The predicted octanol–water partition coefficient (Wildman–Crippen LogP) is -0.862. The van der Waals surface area contributed by atoms with E-state index >= 15 is 0 Å².